The quantitative estimate of drug-likeness (QED) is 0.467. The maximum Gasteiger partial charge on any atom is 0.129 e. The van der Waals surface area contributed by atoms with Crippen LogP contribution in [0.4, 0.5) is 5.69 Å². The molecule has 19 heavy (non-hydrogen) atoms. The van der Waals surface area contributed by atoms with E-state index in [1.54, 1.807) is 0 Å². The summed E-state index contributed by atoms with van der Waals surface area (Å²) in [5.41, 5.74) is 13.4. The van der Waals surface area contributed by atoms with Gasteiger partial charge in [-0.25, -0.2) is 0 Å². The van der Waals surface area contributed by atoms with Gasteiger partial charge in [0.2, 0.25) is 0 Å². The lowest BCUT2D eigenvalue weighted by Crippen LogP contribution is -2.16. The molecule has 0 radical (unpaired) electrons. The average Bonchev–Trinajstić information content (AvgIpc) is 2.37. The van der Waals surface area contributed by atoms with E-state index in [1.165, 1.54) is 5.56 Å². The van der Waals surface area contributed by atoms with Gasteiger partial charge in [0.15, 0.2) is 0 Å². The SMILES string of the molecule is C[Si](C)(C)C#Cc1cc(N)ccc1-c1ccccc1. The van der Waals surface area contributed by atoms with Crippen molar-refractivity contribution >= 4 is 13.8 Å². The van der Waals surface area contributed by atoms with E-state index in [-0.39, 0.29) is 0 Å². The van der Waals surface area contributed by atoms with E-state index in [1.807, 2.05) is 30.3 Å². The van der Waals surface area contributed by atoms with E-state index in [0.717, 1.165) is 16.8 Å². The molecule has 0 bridgehead atoms. The molecule has 0 aliphatic carbocycles. The standard InChI is InChI=1S/C17H19NSi/c1-19(2,3)12-11-15-13-16(18)9-10-17(15)14-7-5-4-6-8-14/h4-10,13H,18H2,1-3H3. The van der Waals surface area contributed by atoms with Gasteiger partial charge in [0.25, 0.3) is 0 Å². The zero-order valence-corrected chi connectivity index (χ0v) is 12.7. The summed E-state index contributed by atoms with van der Waals surface area (Å²) >= 11 is 0. The summed E-state index contributed by atoms with van der Waals surface area (Å²) in [6.07, 6.45) is 0. The van der Waals surface area contributed by atoms with Crippen LogP contribution >= 0.6 is 0 Å². The Labute approximate surface area is 116 Å². The molecule has 0 aromatic heterocycles. The van der Waals surface area contributed by atoms with Gasteiger partial charge in [-0.2, -0.15) is 0 Å². The normalized spacial score (nSPS) is 10.7. The van der Waals surface area contributed by atoms with Crippen molar-refractivity contribution in [2.45, 2.75) is 19.6 Å². The summed E-state index contributed by atoms with van der Waals surface area (Å²) in [7, 11) is -1.38. The molecule has 0 heterocycles. The Bertz CT molecular complexity index is 628. The van der Waals surface area contributed by atoms with Gasteiger partial charge in [0, 0.05) is 11.3 Å². The minimum Gasteiger partial charge on any atom is -0.399 e. The van der Waals surface area contributed by atoms with Crippen molar-refractivity contribution in [3.63, 3.8) is 0 Å². The van der Waals surface area contributed by atoms with Gasteiger partial charge < -0.3 is 5.73 Å². The fraction of sp³-hybridized carbons (Fsp3) is 0.176. The lowest BCUT2D eigenvalue weighted by Gasteiger charge is -2.08. The number of anilines is 1. The highest BCUT2D eigenvalue weighted by molar-refractivity contribution is 6.83. The first kappa shape index (κ1) is 13.4. The maximum absolute atomic E-state index is 5.89. The lowest BCUT2D eigenvalue weighted by atomic mass is 10.00. The molecule has 2 N–H and O–H groups in total. The zero-order valence-electron chi connectivity index (χ0n) is 11.7. The second kappa shape index (κ2) is 5.34. The van der Waals surface area contributed by atoms with Crippen LogP contribution in [-0.2, 0) is 0 Å². The summed E-state index contributed by atoms with van der Waals surface area (Å²) in [6, 6.07) is 16.3. The summed E-state index contributed by atoms with van der Waals surface area (Å²) in [4.78, 5) is 0. The molecule has 2 aromatic rings. The number of hydrogen-bond acceptors (Lipinski definition) is 1. The van der Waals surface area contributed by atoms with E-state index < -0.39 is 8.07 Å². The molecule has 0 aliphatic heterocycles. The number of benzene rings is 2. The fourth-order valence-corrected chi connectivity index (χ4v) is 2.30. The van der Waals surface area contributed by atoms with Crippen LogP contribution in [0.2, 0.25) is 19.6 Å². The van der Waals surface area contributed by atoms with Crippen LogP contribution in [0, 0.1) is 11.5 Å². The Balaban J connectivity index is 2.53. The highest BCUT2D eigenvalue weighted by Gasteiger charge is 2.09. The molecule has 0 spiro atoms. The first-order chi connectivity index (χ1) is 8.96. The van der Waals surface area contributed by atoms with E-state index in [0.29, 0.717) is 0 Å². The van der Waals surface area contributed by atoms with Gasteiger partial charge >= 0.3 is 0 Å². The van der Waals surface area contributed by atoms with Crippen LogP contribution in [0.15, 0.2) is 48.5 Å². The van der Waals surface area contributed by atoms with Gasteiger partial charge in [-0.15, -0.1) is 5.54 Å². The second-order valence-corrected chi connectivity index (χ2v) is 10.4. The molecule has 2 rings (SSSR count). The molecule has 0 aliphatic rings. The van der Waals surface area contributed by atoms with Gasteiger partial charge in [-0.1, -0.05) is 62.0 Å². The van der Waals surface area contributed by atoms with Gasteiger partial charge in [0.05, 0.1) is 0 Å². The molecule has 0 unspecified atom stereocenters. The largest absolute Gasteiger partial charge is 0.399 e. The Kier molecular flexibility index (Phi) is 3.78. The van der Waals surface area contributed by atoms with Crippen molar-refractivity contribution in [2.75, 3.05) is 5.73 Å². The third-order valence-electron chi connectivity index (χ3n) is 2.70. The first-order valence-electron chi connectivity index (χ1n) is 6.44. The third-order valence-corrected chi connectivity index (χ3v) is 3.58. The van der Waals surface area contributed by atoms with Crippen LogP contribution in [-0.4, -0.2) is 8.07 Å². The van der Waals surface area contributed by atoms with Crippen LogP contribution < -0.4 is 5.73 Å². The van der Waals surface area contributed by atoms with Crippen LogP contribution in [0.3, 0.4) is 0 Å². The number of hydrogen-bond donors (Lipinski definition) is 1. The van der Waals surface area contributed by atoms with E-state index in [9.17, 15) is 0 Å². The van der Waals surface area contributed by atoms with Crippen molar-refractivity contribution in [1.29, 1.82) is 0 Å². The summed E-state index contributed by atoms with van der Waals surface area (Å²) in [6.45, 7) is 6.73. The molecule has 2 heteroatoms. The minimum absolute atomic E-state index is 0.763. The molecule has 0 fully saturated rings. The number of nitrogens with two attached hydrogens (primary N) is 1. The number of nitrogen functional groups attached to an aromatic ring is 1. The topological polar surface area (TPSA) is 26.0 Å². The van der Waals surface area contributed by atoms with Crippen LogP contribution in [0.5, 0.6) is 0 Å². The molecular weight excluding hydrogens is 246 g/mol. The van der Waals surface area contributed by atoms with E-state index in [2.05, 4.69) is 49.3 Å². The predicted molar refractivity (Wildman–Crippen MR) is 86.5 cm³/mol. The van der Waals surface area contributed by atoms with Gasteiger partial charge in [-0.05, 0) is 23.3 Å². The zero-order chi connectivity index (χ0) is 13.9. The first-order valence-corrected chi connectivity index (χ1v) is 9.94. The Morgan fingerprint density at radius 2 is 1.63 bits per heavy atom. The fourth-order valence-electron chi connectivity index (χ4n) is 1.79. The molecule has 0 saturated carbocycles. The predicted octanol–water partition coefficient (Wildman–Crippen LogP) is 4.16. The Hall–Kier alpha value is -1.98. The van der Waals surface area contributed by atoms with Crippen LogP contribution in [0.1, 0.15) is 5.56 Å². The molecule has 1 nitrogen and oxygen atoms in total. The van der Waals surface area contributed by atoms with E-state index >= 15 is 0 Å². The van der Waals surface area contributed by atoms with Crippen molar-refractivity contribution in [2.24, 2.45) is 0 Å². The average molecular weight is 265 g/mol. The molecule has 0 saturated heterocycles. The monoisotopic (exact) mass is 265 g/mol. The Morgan fingerprint density at radius 3 is 2.26 bits per heavy atom. The summed E-state index contributed by atoms with van der Waals surface area (Å²) in [5, 5.41) is 0. The third kappa shape index (κ3) is 3.74. The van der Waals surface area contributed by atoms with Crippen molar-refractivity contribution < 1.29 is 0 Å². The molecule has 0 atom stereocenters. The maximum atomic E-state index is 5.89. The smallest absolute Gasteiger partial charge is 0.129 e. The summed E-state index contributed by atoms with van der Waals surface area (Å²) in [5.74, 6) is 3.32. The van der Waals surface area contributed by atoms with Crippen LogP contribution in [0.25, 0.3) is 11.1 Å². The van der Waals surface area contributed by atoms with Gasteiger partial charge in [-0.3, -0.25) is 0 Å². The van der Waals surface area contributed by atoms with Crippen molar-refractivity contribution in [3.05, 3.63) is 54.1 Å². The molecular formula is C17H19NSi. The Morgan fingerprint density at radius 1 is 0.947 bits per heavy atom. The molecule has 96 valence electrons. The highest BCUT2D eigenvalue weighted by atomic mass is 28.3. The number of rotatable bonds is 1. The minimum atomic E-state index is -1.38. The van der Waals surface area contributed by atoms with Gasteiger partial charge in [0.1, 0.15) is 8.07 Å². The van der Waals surface area contributed by atoms with E-state index in [4.69, 9.17) is 5.73 Å². The van der Waals surface area contributed by atoms with Crippen molar-refractivity contribution in [1.82, 2.24) is 0 Å². The summed E-state index contributed by atoms with van der Waals surface area (Å²) < 4.78 is 0. The molecule has 2 aromatic carbocycles. The van der Waals surface area contributed by atoms with Crippen molar-refractivity contribution in [3.8, 4) is 22.6 Å². The molecule has 0 amide bonds. The highest BCUT2D eigenvalue weighted by Crippen LogP contribution is 2.25. The second-order valence-electron chi connectivity index (χ2n) is 5.67. The lowest BCUT2D eigenvalue weighted by molar-refractivity contribution is 1.58.